The van der Waals surface area contributed by atoms with Crippen molar-refractivity contribution in [1.82, 2.24) is 5.32 Å². The molecule has 0 unspecified atom stereocenters. The first-order chi connectivity index (χ1) is 14.3. The Kier molecular flexibility index (Phi) is 6.81. The Morgan fingerprint density at radius 1 is 1.30 bits per heavy atom. The van der Waals surface area contributed by atoms with Crippen LogP contribution in [0.2, 0.25) is 0 Å². The summed E-state index contributed by atoms with van der Waals surface area (Å²) in [7, 11) is 1.29. The molecule has 2 aliphatic rings. The lowest BCUT2D eigenvalue weighted by atomic mass is 9.69. The molecule has 3 atom stereocenters. The van der Waals surface area contributed by atoms with Gasteiger partial charge in [0.15, 0.2) is 5.78 Å². The first-order valence-electron chi connectivity index (χ1n) is 10.1. The molecule has 1 aliphatic carbocycles. The number of ketones is 1. The second-order valence-corrected chi connectivity index (χ2v) is 8.64. The lowest BCUT2D eigenvalue weighted by Crippen LogP contribution is -2.43. The van der Waals surface area contributed by atoms with Crippen LogP contribution in [0.3, 0.4) is 0 Å². The van der Waals surface area contributed by atoms with Gasteiger partial charge in [0.1, 0.15) is 5.92 Å². The van der Waals surface area contributed by atoms with Gasteiger partial charge in [0, 0.05) is 27.4 Å². The average Bonchev–Trinajstić information content (AvgIpc) is 2.70. The Morgan fingerprint density at radius 3 is 2.67 bits per heavy atom. The monoisotopic (exact) mass is 475 g/mol. The Hall–Kier alpha value is -2.41. The predicted octanol–water partition coefficient (Wildman–Crippen LogP) is 4.02. The van der Waals surface area contributed by atoms with Crippen LogP contribution in [0.25, 0.3) is 0 Å². The second kappa shape index (κ2) is 9.16. The summed E-state index contributed by atoms with van der Waals surface area (Å²) in [5.74, 6) is -3.03. The number of rotatable bonds is 5. The molecule has 30 heavy (non-hydrogen) atoms. The molecule has 0 spiro atoms. The van der Waals surface area contributed by atoms with E-state index in [9.17, 15) is 14.4 Å². The van der Waals surface area contributed by atoms with E-state index in [-0.39, 0.29) is 11.7 Å². The van der Waals surface area contributed by atoms with Crippen molar-refractivity contribution < 1.29 is 23.9 Å². The molecule has 0 amide bonds. The summed E-state index contributed by atoms with van der Waals surface area (Å²) in [6, 6.07) is 7.51. The van der Waals surface area contributed by atoms with E-state index in [1.807, 2.05) is 45.0 Å². The van der Waals surface area contributed by atoms with Crippen LogP contribution in [0, 0.1) is 11.8 Å². The number of hydrogen-bond acceptors (Lipinski definition) is 6. The number of nitrogens with one attached hydrogen (secondary N) is 1. The summed E-state index contributed by atoms with van der Waals surface area (Å²) in [4.78, 5) is 38.9. The number of benzene rings is 1. The summed E-state index contributed by atoms with van der Waals surface area (Å²) in [5.41, 5.74) is 3.04. The van der Waals surface area contributed by atoms with Gasteiger partial charge in [0.2, 0.25) is 0 Å². The van der Waals surface area contributed by atoms with Crippen LogP contribution in [0.5, 0.6) is 0 Å². The van der Waals surface area contributed by atoms with E-state index < -0.39 is 23.8 Å². The molecule has 0 saturated heterocycles. The molecular weight excluding hydrogens is 450 g/mol. The number of halogens is 1. The second-order valence-electron chi connectivity index (χ2n) is 7.73. The van der Waals surface area contributed by atoms with Gasteiger partial charge < -0.3 is 14.8 Å². The van der Waals surface area contributed by atoms with Gasteiger partial charge in [-0.3, -0.25) is 9.59 Å². The Morgan fingerprint density at radius 2 is 2.03 bits per heavy atom. The summed E-state index contributed by atoms with van der Waals surface area (Å²) in [6.45, 7) is 5.90. The molecule has 1 aromatic carbocycles. The van der Waals surface area contributed by atoms with Crippen molar-refractivity contribution in [1.29, 1.82) is 0 Å². The van der Waals surface area contributed by atoms with Gasteiger partial charge in [-0.15, -0.1) is 0 Å². The number of esters is 2. The lowest BCUT2D eigenvalue weighted by Gasteiger charge is -2.38. The molecule has 7 heteroatoms. The first-order valence-corrected chi connectivity index (χ1v) is 10.8. The zero-order valence-corrected chi connectivity index (χ0v) is 19.2. The van der Waals surface area contributed by atoms with Crippen LogP contribution in [0.15, 0.2) is 51.3 Å². The maximum atomic E-state index is 13.5. The fraction of sp³-hybridized carbons (Fsp3) is 0.435. The highest BCUT2D eigenvalue weighted by Crippen LogP contribution is 2.45. The molecule has 1 heterocycles. The fourth-order valence-electron chi connectivity index (χ4n) is 4.24. The van der Waals surface area contributed by atoms with Crippen LogP contribution in [-0.4, -0.2) is 31.4 Å². The topological polar surface area (TPSA) is 81.7 Å². The van der Waals surface area contributed by atoms with Crippen molar-refractivity contribution in [3.05, 3.63) is 56.8 Å². The van der Waals surface area contributed by atoms with Crippen molar-refractivity contribution in [2.24, 2.45) is 11.8 Å². The molecule has 3 rings (SSSR count). The number of Topliss-reactive ketones (excluding diaryl/α,β-unsaturated/α-hetero) is 1. The van der Waals surface area contributed by atoms with Gasteiger partial charge in [-0.25, -0.2) is 4.79 Å². The van der Waals surface area contributed by atoms with Crippen LogP contribution < -0.4 is 5.32 Å². The van der Waals surface area contributed by atoms with Gasteiger partial charge in [-0.2, -0.15) is 0 Å². The van der Waals surface area contributed by atoms with Gasteiger partial charge in [0.25, 0.3) is 0 Å². The Labute approximate surface area is 184 Å². The van der Waals surface area contributed by atoms with Crippen molar-refractivity contribution in [3.8, 4) is 0 Å². The minimum Gasteiger partial charge on any atom is -0.468 e. The number of hydrogen-bond donors (Lipinski definition) is 1. The van der Waals surface area contributed by atoms with Crippen LogP contribution in [0.1, 0.15) is 45.1 Å². The largest absolute Gasteiger partial charge is 0.468 e. The molecule has 0 bridgehead atoms. The minimum atomic E-state index is -0.892. The highest BCUT2D eigenvalue weighted by molar-refractivity contribution is 9.10. The van der Waals surface area contributed by atoms with E-state index in [2.05, 4.69) is 21.2 Å². The summed E-state index contributed by atoms with van der Waals surface area (Å²) < 4.78 is 11.2. The molecule has 0 aromatic heterocycles. The zero-order chi connectivity index (χ0) is 22.0. The number of methoxy groups -OCH3 is 1. The molecule has 1 aromatic rings. The van der Waals surface area contributed by atoms with Gasteiger partial charge in [-0.1, -0.05) is 41.9 Å². The number of ether oxygens (including phenoxy) is 2. The maximum Gasteiger partial charge on any atom is 0.336 e. The van der Waals surface area contributed by atoms with E-state index in [0.29, 0.717) is 36.3 Å². The molecule has 0 saturated carbocycles. The average molecular weight is 476 g/mol. The van der Waals surface area contributed by atoms with Crippen molar-refractivity contribution in [3.63, 3.8) is 0 Å². The quantitative estimate of drug-likeness (QED) is 0.511. The van der Waals surface area contributed by atoms with Crippen molar-refractivity contribution in [2.45, 2.75) is 39.5 Å². The van der Waals surface area contributed by atoms with Crippen LogP contribution in [0.4, 0.5) is 0 Å². The van der Waals surface area contributed by atoms with Crippen molar-refractivity contribution in [2.75, 3.05) is 13.7 Å². The Balaban J connectivity index is 2.16. The SMILES string of the molecule is CCCOC(=O)C1=C(C)NC2=C(C(=O)[C@H](C(=O)OC)[C@@H](C)C2)[C@@H]1c1cccc(Br)c1. The molecule has 1 aliphatic heterocycles. The summed E-state index contributed by atoms with van der Waals surface area (Å²) >= 11 is 3.48. The molecule has 1 N–H and O–H groups in total. The molecule has 6 nitrogen and oxygen atoms in total. The van der Waals surface area contributed by atoms with Gasteiger partial charge in [0.05, 0.1) is 19.3 Å². The minimum absolute atomic E-state index is 0.208. The van der Waals surface area contributed by atoms with Gasteiger partial charge >= 0.3 is 11.9 Å². The van der Waals surface area contributed by atoms with Crippen LogP contribution >= 0.6 is 15.9 Å². The predicted molar refractivity (Wildman–Crippen MR) is 115 cm³/mol. The molecule has 0 radical (unpaired) electrons. The number of carbonyl (C=O) groups excluding carboxylic acids is 3. The molecule has 0 fully saturated rings. The standard InChI is InChI=1S/C23H26BrNO5/c1-5-9-30-23(28)18-13(3)25-16-10-12(2)17(22(27)29-4)21(26)20(16)19(18)14-7-6-8-15(24)11-14/h6-8,11-12,17,19,25H,5,9-10H2,1-4H3/t12-,17+,19+/m0/s1. The number of allylic oxidation sites excluding steroid dienone is 3. The fourth-order valence-corrected chi connectivity index (χ4v) is 4.66. The molecule has 160 valence electrons. The van der Waals surface area contributed by atoms with Crippen molar-refractivity contribution >= 4 is 33.7 Å². The third kappa shape index (κ3) is 4.08. The van der Waals surface area contributed by atoms with E-state index in [0.717, 1.165) is 15.7 Å². The third-order valence-corrected chi connectivity index (χ3v) is 6.08. The number of dihydropyridines is 1. The van der Waals surface area contributed by atoms with E-state index in [4.69, 9.17) is 9.47 Å². The summed E-state index contributed by atoms with van der Waals surface area (Å²) in [6.07, 6.45) is 1.21. The van der Waals surface area contributed by atoms with E-state index in [1.54, 1.807) is 0 Å². The molecular formula is C23H26BrNO5. The number of carbonyl (C=O) groups is 3. The smallest absolute Gasteiger partial charge is 0.336 e. The van der Waals surface area contributed by atoms with Gasteiger partial charge in [-0.05, 0) is 43.4 Å². The van der Waals surface area contributed by atoms with E-state index >= 15 is 0 Å². The highest BCUT2D eigenvalue weighted by Gasteiger charge is 2.47. The third-order valence-electron chi connectivity index (χ3n) is 5.58. The van der Waals surface area contributed by atoms with E-state index in [1.165, 1.54) is 7.11 Å². The zero-order valence-electron chi connectivity index (χ0n) is 17.6. The highest BCUT2D eigenvalue weighted by atomic mass is 79.9. The van der Waals surface area contributed by atoms with Crippen LogP contribution in [-0.2, 0) is 23.9 Å². The Bertz CT molecular complexity index is 949. The maximum absolute atomic E-state index is 13.5. The summed E-state index contributed by atoms with van der Waals surface area (Å²) in [5, 5.41) is 3.25. The normalized spacial score (nSPS) is 23.6. The first kappa shape index (κ1) is 22.3. The lowest BCUT2D eigenvalue weighted by molar-refractivity contribution is -0.151.